The van der Waals surface area contributed by atoms with Crippen molar-refractivity contribution >= 4 is 38.9 Å². The second kappa shape index (κ2) is 8.93. The van der Waals surface area contributed by atoms with Crippen LogP contribution in [0.5, 0.6) is 5.75 Å². The number of benzene rings is 2. The molecule has 1 aromatic heterocycles. The Morgan fingerprint density at radius 2 is 1.72 bits per heavy atom. The Balaban J connectivity index is 1.73. The van der Waals surface area contributed by atoms with Crippen molar-refractivity contribution in [3.05, 3.63) is 77.6 Å². The highest BCUT2D eigenvalue weighted by atomic mass is 35.5. The maximum atomic E-state index is 12.5. The normalized spacial score (nSPS) is 11.0. The number of ether oxygens (including phenoxy) is 1. The minimum atomic E-state index is -3.84. The van der Waals surface area contributed by atoms with Gasteiger partial charge in [0.1, 0.15) is 5.75 Å². The first kappa shape index (κ1) is 20.6. The smallest absolute Gasteiger partial charge is 0.261 e. The molecule has 3 rings (SSSR count). The Bertz CT molecular complexity index is 1100. The molecule has 1 heterocycles. The standard InChI is InChI=1S/C20H18ClN3O4S/c1-2-28-18-7-5-16(6-8-18)23-20(25)14-11-17(13-22-12-14)24-29(26,27)19-9-3-15(21)4-10-19/h3-13,24H,2H2,1H3,(H,23,25). The summed E-state index contributed by atoms with van der Waals surface area (Å²) in [5.41, 5.74) is 0.945. The van der Waals surface area contributed by atoms with Crippen molar-refractivity contribution in [2.45, 2.75) is 11.8 Å². The second-order valence-corrected chi connectivity index (χ2v) is 8.05. The maximum Gasteiger partial charge on any atom is 0.261 e. The lowest BCUT2D eigenvalue weighted by Crippen LogP contribution is -2.15. The number of anilines is 2. The van der Waals surface area contributed by atoms with Crippen molar-refractivity contribution in [2.24, 2.45) is 0 Å². The van der Waals surface area contributed by atoms with Crippen LogP contribution in [0.3, 0.4) is 0 Å². The zero-order valence-electron chi connectivity index (χ0n) is 15.4. The predicted octanol–water partition coefficient (Wildman–Crippen LogP) is 4.19. The van der Waals surface area contributed by atoms with Crippen LogP contribution >= 0.6 is 11.6 Å². The van der Waals surface area contributed by atoms with Crippen LogP contribution in [0.15, 0.2) is 71.9 Å². The molecule has 0 saturated carbocycles. The van der Waals surface area contributed by atoms with Gasteiger partial charge in [0, 0.05) is 16.9 Å². The lowest BCUT2D eigenvalue weighted by atomic mass is 10.2. The molecule has 150 valence electrons. The van der Waals surface area contributed by atoms with Crippen LogP contribution in [0.1, 0.15) is 17.3 Å². The predicted molar refractivity (Wildman–Crippen MR) is 112 cm³/mol. The summed E-state index contributed by atoms with van der Waals surface area (Å²) in [6.45, 7) is 2.44. The van der Waals surface area contributed by atoms with Crippen LogP contribution in [-0.2, 0) is 10.0 Å². The van der Waals surface area contributed by atoms with E-state index in [1.54, 1.807) is 24.3 Å². The van der Waals surface area contributed by atoms with Crippen LogP contribution in [0.4, 0.5) is 11.4 Å². The summed E-state index contributed by atoms with van der Waals surface area (Å²) in [6.07, 6.45) is 2.67. The quantitative estimate of drug-likeness (QED) is 0.584. The number of aromatic nitrogens is 1. The molecule has 2 N–H and O–H groups in total. The number of sulfonamides is 1. The molecule has 3 aromatic rings. The van der Waals surface area contributed by atoms with Crippen molar-refractivity contribution in [2.75, 3.05) is 16.6 Å². The first-order chi connectivity index (χ1) is 13.9. The molecule has 0 fully saturated rings. The van der Waals surface area contributed by atoms with Crippen LogP contribution in [-0.4, -0.2) is 25.9 Å². The summed E-state index contributed by atoms with van der Waals surface area (Å²) in [5.74, 6) is 0.278. The lowest BCUT2D eigenvalue weighted by molar-refractivity contribution is 0.102. The minimum absolute atomic E-state index is 0.0474. The molecule has 0 spiro atoms. The van der Waals surface area contributed by atoms with Crippen LogP contribution in [0.25, 0.3) is 0 Å². The van der Waals surface area contributed by atoms with Crippen LogP contribution < -0.4 is 14.8 Å². The molecule has 7 nitrogen and oxygen atoms in total. The summed E-state index contributed by atoms with van der Waals surface area (Å²) in [7, 11) is -3.84. The molecule has 2 aromatic carbocycles. The van der Waals surface area contributed by atoms with Crippen molar-refractivity contribution in [1.82, 2.24) is 4.98 Å². The molecule has 0 unspecified atom stereocenters. The molecule has 1 amide bonds. The number of hydrogen-bond acceptors (Lipinski definition) is 5. The summed E-state index contributed by atoms with van der Waals surface area (Å²) in [4.78, 5) is 16.5. The largest absolute Gasteiger partial charge is 0.494 e. The summed E-state index contributed by atoms with van der Waals surface area (Å²) >= 11 is 5.79. The number of carbonyl (C=O) groups excluding carboxylic acids is 1. The van der Waals surface area contributed by atoms with Gasteiger partial charge in [0.25, 0.3) is 15.9 Å². The first-order valence-corrected chi connectivity index (χ1v) is 10.5. The highest BCUT2D eigenvalue weighted by molar-refractivity contribution is 7.92. The molecular weight excluding hydrogens is 414 g/mol. The van der Waals surface area contributed by atoms with E-state index in [9.17, 15) is 13.2 Å². The molecule has 0 aliphatic carbocycles. The Morgan fingerprint density at radius 3 is 2.38 bits per heavy atom. The number of halogens is 1. The Labute approximate surface area is 173 Å². The molecular formula is C20H18ClN3O4S. The number of rotatable bonds is 7. The van der Waals surface area contributed by atoms with E-state index in [1.165, 1.54) is 42.7 Å². The van der Waals surface area contributed by atoms with Gasteiger partial charge in [-0.25, -0.2) is 8.42 Å². The monoisotopic (exact) mass is 431 g/mol. The van der Waals surface area contributed by atoms with Crippen molar-refractivity contribution in [3.8, 4) is 5.75 Å². The van der Waals surface area contributed by atoms with Crippen molar-refractivity contribution in [3.63, 3.8) is 0 Å². The van der Waals surface area contributed by atoms with E-state index in [-0.39, 0.29) is 16.1 Å². The number of nitrogens with zero attached hydrogens (tertiary/aromatic N) is 1. The number of carbonyl (C=O) groups is 1. The van der Waals surface area contributed by atoms with E-state index in [0.29, 0.717) is 23.1 Å². The number of nitrogens with one attached hydrogen (secondary N) is 2. The first-order valence-electron chi connectivity index (χ1n) is 8.65. The highest BCUT2D eigenvalue weighted by Crippen LogP contribution is 2.20. The summed E-state index contributed by atoms with van der Waals surface area (Å²) in [5, 5.41) is 3.16. The third-order valence-electron chi connectivity index (χ3n) is 3.80. The van der Waals surface area contributed by atoms with E-state index < -0.39 is 15.9 Å². The van der Waals surface area contributed by atoms with Gasteiger partial charge in [-0.2, -0.15) is 0 Å². The van der Waals surface area contributed by atoms with E-state index in [2.05, 4.69) is 15.0 Å². The van der Waals surface area contributed by atoms with Crippen LogP contribution in [0, 0.1) is 0 Å². The molecule has 0 radical (unpaired) electrons. The molecule has 0 bridgehead atoms. The van der Waals surface area contributed by atoms with E-state index in [1.807, 2.05) is 6.92 Å². The molecule has 9 heteroatoms. The highest BCUT2D eigenvalue weighted by Gasteiger charge is 2.15. The Morgan fingerprint density at radius 1 is 1.03 bits per heavy atom. The van der Waals surface area contributed by atoms with Gasteiger partial charge in [0.15, 0.2) is 0 Å². The van der Waals surface area contributed by atoms with Gasteiger partial charge in [-0.15, -0.1) is 0 Å². The molecule has 0 atom stereocenters. The zero-order chi connectivity index (χ0) is 20.9. The third kappa shape index (κ3) is 5.46. The van der Waals surface area contributed by atoms with E-state index in [4.69, 9.17) is 16.3 Å². The van der Waals surface area contributed by atoms with Crippen molar-refractivity contribution < 1.29 is 17.9 Å². The fourth-order valence-electron chi connectivity index (χ4n) is 2.45. The maximum absolute atomic E-state index is 12.5. The fraction of sp³-hybridized carbons (Fsp3) is 0.100. The van der Waals surface area contributed by atoms with Gasteiger partial charge in [-0.3, -0.25) is 14.5 Å². The van der Waals surface area contributed by atoms with Gasteiger partial charge in [-0.05, 0) is 61.5 Å². The molecule has 0 saturated heterocycles. The minimum Gasteiger partial charge on any atom is -0.494 e. The SMILES string of the molecule is CCOc1ccc(NC(=O)c2cncc(NS(=O)(=O)c3ccc(Cl)cc3)c2)cc1. The number of hydrogen-bond donors (Lipinski definition) is 2. The average Bonchev–Trinajstić information content (AvgIpc) is 2.70. The van der Waals surface area contributed by atoms with Crippen LogP contribution in [0.2, 0.25) is 5.02 Å². The average molecular weight is 432 g/mol. The zero-order valence-corrected chi connectivity index (χ0v) is 17.0. The topological polar surface area (TPSA) is 97.4 Å². The summed E-state index contributed by atoms with van der Waals surface area (Å²) in [6, 6.07) is 14.1. The number of pyridine rings is 1. The Hall–Kier alpha value is -3.10. The molecule has 0 aliphatic rings. The van der Waals surface area contributed by atoms with Gasteiger partial charge < -0.3 is 10.1 Å². The van der Waals surface area contributed by atoms with E-state index >= 15 is 0 Å². The van der Waals surface area contributed by atoms with Gasteiger partial charge >= 0.3 is 0 Å². The molecule has 29 heavy (non-hydrogen) atoms. The second-order valence-electron chi connectivity index (χ2n) is 5.93. The molecule has 0 aliphatic heterocycles. The fourth-order valence-corrected chi connectivity index (χ4v) is 3.61. The van der Waals surface area contributed by atoms with Gasteiger partial charge in [0.2, 0.25) is 0 Å². The Kier molecular flexibility index (Phi) is 6.36. The third-order valence-corrected chi connectivity index (χ3v) is 5.45. The summed E-state index contributed by atoms with van der Waals surface area (Å²) < 4.78 is 32.7. The lowest BCUT2D eigenvalue weighted by Gasteiger charge is -2.10. The van der Waals surface area contributed by atoms with Crippen molar-refractivity contribution in [1.29, 1.82) is 0 Å². The van der Waals surface area contributed by atoms with Gasteiger partial charge in [0.05, 0.1) is 29.0 Å². The van der Waals surface area contributed by atoms with E-state index in [0.717, 1.165) is 0 Å². The number of amides is 1. The van der Waals surface area contributed by atoms with Gasteiger partial charge in [-0.1, -0.05) is 11.6 Å².